The minimum absolute atomic E-state index is 0.118. The lowest BCUT2D eigenvalue weighted by molar-refractivity contribution is 0.0949. The number of hydrogen-bond acceptors (Lipinski definition) is 1. The molecule has 1 aromatic rings. The highest BCUT2D eigenvalue weighted by molar-refractivity contribution is 9.09. The molecule has 0 fully saturated rings. The molecule has 1 rings (SSSR count). The molecule has 2 nitrogen and oxygen atoms in total. The molecule has 0 radical (unpaired) electrons. The van der Waals surface area contributed by atoms with Crippen molar-refractivity contribution in [3.63, 3.8) is 0 Å². The normalized spacial score (nSPS) is 12.2. The standard InChI is InChI=1S/C13H17BrFNO/c1-3-10(14)6-7-16-13(17)11-8-9(2)4-5-12(11)15/h4-5,8,10H,3,6-7H2,1-2H3,(H,16,17). The smallest absolute Gasteiger partial charge is 0.254 e. The Balaban J connectivity index is 2.55. The second-order valence-corrected chi connectivity index (χ2v) is 5.33. The molecule has 1 N–H and O–H groups in total. The monoisotopic (exact) mass is 301 g/mol. The molecule has 1 unspecified atom stereocenters. The lowest BCUT2D eigenvalue weighted by Gasteiger charge is -2.09. The summed E-state index contributed by atoms with van der Waals surface area (Å²) in [6.45, 7) is 4.46. The van der Waals surface area contributed by atoms with Crippen LogP contribution < -0.4 is 5.32 Å². The van der Waals surface area contributed by atoms with Gasteiger partial charge in [0.25, 0.3) is 5.91 Å². The van der Waals surface area contributed by atoms with Crippen molar-refractivity contribution in [1.82, 2.24) is 5.32 Å². The van der Waals surface area contributed by atoms with Crippen LogP contribution in [0.2, 0.25) is 0 Å². The quantitative estimate of drug-likeness (QED) is 0.830. The Kier molecular flexibility index (Phi) is 5.62. The van der Waals surface area contributed by atoms with E-state index >= 15 is 0 Å². The van der Waals surface area contributed by atoms with Gasteiger partial charge in [0.1, 0.15) is 5.82 Å². The van der Waals surface area contributed by atoms with E-state index in [9.17, 15) is 9.18 Å². The molecule has 1 aromatic carbocycles. The van der Waals surface area contributed by atoms with Crippen molar-refractivity contribution >= 4 is 21.8 Å². The van der Waals surface area contributed by atoms with Gasteiger partial charge in [0, 0.05) is 11.4 Å². The van der Waals surface area contributed by atoms with Crippen LogP contribution in [0.3, 0.4) is 0 Å². The molecule has 0 spiro atoms. The van der Waals surface area contributed by atoms with Gasteiger partial charge in [-0.2, -0.15) is 0 Å². The van der Waals surface area contributed by atoms with E-state index < -0.39 is 5.82 Å². The number of carbonyl (C=O) groups excluding carboxylic acids is 1. The van der Waals surface area contributed by atoms with Crippen LogP contribution in [0, 0.1) is 12.7 Å². The third kappa shape index (κ3) is 4.46. The molecule has 1 atom stereocenters. The zero-order chi connectivity index (χ0) is 12.8. The minimum Gasteiger partial charge on any atom is -0.352 e. The molecule has 0 aliphatic heterocycles. The van der Waals surface area contributed by atoms with E-state index in [-0.39, 0.29) is 11.5 Å². The van der Waals surface area contributed by atoms with E-state index in [0.29, 0.717) is 11.4 Å². The summed E-state index contributed by atoms with van der Waals surface area (Å²) in [6.07, 6.45) is 1.85. The van der Waals surface area contributed by atoms with Gasteiger partial charge in [0.05, 0.1) is 5.56 Å². The maximum absolute atomic E-state index is 13.4. The van der Waals surface area contributed by atoms with Gasteiger partial charge in [0.15, 0.2) is 0 Å². The van der Waals surface area contributed by atoms with Crippen LogP contribution in [0.5, 0.6) is 0 Å². The van der Waals surface area contributed by atoms with Gasteiger partial charge in [-0.25, -0.2) is 4.39 Å². The van der Waals surface area contributed by atoms with Crippen molar-refractivity contribution in [3.8, 4) is 0 Å². The fourth-order valence-corrected chi connectivity index (χ4v) is 1.68. The van der Waals surface area contributed by atoms with Gasteiger partial charge in [-0.15, -0.1) is 0 Å². The fraction of sp³-hybridized carbons (Fsp3) is 0.462. The number of alkyl halides is 1. The zero-order valence-corrected chi connectivity index (χ0v) is 11.7. The number of hydrogen-bond donors (Lipinski definition) is 1. The summed E-state index contributed by atoms with van der Waals surface area (Å²) < 4.78 is 13.4. The highest BCUT2D eigenvalue weighted by atomic mass is 79.9. The summed E-state index contributed by atoms with van der Waals surface area (Å²) in [7, 11) is 0. The van der Waals surface area contributed by atoms with Crippen molar-refractivity contribution in [1.29, 1.82) is 0 Å². The summed E-state index contributed by atoms with van der Waals surface area (Å²) in [6, 6.07) is 4.54. The minimum atomic E-state index is -0.473. The first-order chi connectivity index (χ1) is 8.04. The van der Waals surface area contributed by atoms with Crippen molar-refractivity contribution in [2.75, 3.05) is 6.54 Å². The molecule has 4 heteroatoms. The first kappa shape index (κ1) is 14.2. The third-order valence-electron chi connectivity index (χ3n) is 2.55. The van der Waals surface area contributed by atoms with Gasteiger partial charge in [-0.05, 0) is 31.9 Å². The Morgan fingerprint density at radius 1 is 1.53 bits per heavy atom. The van der Waals surface area contributed by atoms with Crippen molar-refractivity contribution in [2.45, 2.75) is 31.5 Å². The number of amides is 1. The number of benzene rings is 1. The topological polar surface area (TPSA) is 29.1 Å². The number of rotatable bonds is 5. The second kappa shape index (κ2) is 6.74. The molecular weight excluding hydrogens is 285 g/mol. The molecule has 0 saturated heterocycles. The molecule has 0 aliphatic rings. The average molecular weight is 302 g/mol. The maximum atomic E-state index is 13.4. The van der Waals surface area contributed by atoms with Crippen LogP contribution in [0.25, 0.3) is 0 Å². The molecule has 17 heavy (non-hydrogen) atoms. The predicted molar refractivity (Wildman–Crippen MR) is 71.1 cm³/mol. The van der Waals surface area contributed by atoms with Gasteiger partial charge < -0.3 is 5.32 Å². The number of carbonyl (C=O) groups is 1. The molecule has 0 aromatic heterocycles. The summed E-state index contributed by atoms with van der Waals surface area (Å²) in [4.78, 5) is 12.1. The summed E-state index contributed by atoms with van der Waals surface area (Å²) in [5.74, 6) is -0.819. The van der Waals surface area contributed by atoms with Crippen LogP contribution >= 0.6 is 15.9 Å². The van der Waals surface area contributed by atoms with E-state index in [1.165, 1.54) is 6.07 Å². The van der Waals surface area contributed by atoms with Crippen LogP contribution in [0.4, 0.5) is 4.39 Å². The Bertz CT molecular complexity index is 395. The molecular formula is C13H17BrFNO. The van der Waals surface area contributed by atoms with Crippen LogP contribution in [0.1, 0.15) is 35.7 Å². The van der Waals surface area contributed by atoms with Crippen molar-refractivity contribution < 1.29 is 9.18 Å². The number of nitrogens with one attached hydrogen (secondary N) is 1. The summed E-state index contributed by atoms with van der Waals surface area (Å²) in [5, 5.41) is 2.72. The predicted octanol–water partition coefficient (Wildman–Crippen LogP) is 3.43. The van der Waals surface area contributed by atoms with Crippen molar-refractivity contribution in [3.05, 3.63) is 35.1 Å². The largest absolute Gasteiger partial charge is 0.352 e. The van der Waals surface area contributed by atoms with Gasteiger partial charge in [-0.1, -0.05) is 34.5 Å². The molecule has 94 valence electrons. The zero-order valence-electron chi connectivity index (χ0n) is 10.1. The van der Waals surface area contributed by atoms with E-state index in [4.69, 9.17) is 0 Å². The maximum Gasteiger partial charge on any atom is 0.254 e. The molecule has 0 saturated carbocycles. The van der Waals surface area contributed by atoms with Crippen LogP contribution in [-0.2, 0) is 0 Å². The van der Waals surface area contributed by atoms with Gasteiger partial charge >= 0.3 is 0 Å². The van der Waals surface area contributed by atoms with E-state index in [2.05, 4.69) is 28.2 Å². The highest BCUT2D eigenvalue weighted by Gasteiger charge is 2.11. The highest BCUT2D eigenvalue weighted by Crippen LogP contribution is 2.11. The third-order valence-corrected chi connectivity index (χ3v) is 3.66. The van der Waals surface area contributed by atoms with Crippen molar-refractivity contribution in [2.24, 2.45) is 0 Å². The first-order valence-electron chi connectivity index (χ1n) is 5.73. The van der Waals surface area contributed by atoms with Gasteiger partial charge in [-0.3, -0.25) is 4.79 Å². The first-order valence-corrected chi connectivity index (χ1v) is 6.64. The summed E-state index contributed by atoms with van der Waals surface area (Å²) in [5.41, 5.74) is 0.996. The molecule has 0 bridgehead atoms. The van der Waals surface area contributed by atoms with Gasteiger partial charge in [0.2, 0.25) is 0 Å². The van der Waals surface area contributed by atoms with E-state index in [1.54, 1.807) is 12.1 Å². The fourth-order valence-electron chi connectivity index (χ4n) is 1.45. The average Bonchev–Trinajstić information content (AvgIpc) is 2.31. The number of halogens is 2. The Hall–Kier alpha value is -0.900. The lowest BCUT2D eigenvalue weighted by Crippen LogP contribution is -2.26. The van der Waals surface area contributed by atoms with E-state index in [1.807, 2.05) is 6.92 Å². The SMILES string of the molecule is CCC(Br)CCNC(=O)c1cc(C)ccc1F. The van der Waals surface area contributed by atoms with E-state index in [0.717, 1.165) is 18.4 Å². The molecule has 0 aliphatic carbocycles. The summed E-state index contributed by atoms with van der Waals surface area (Å²) >= 11 is 3.48. The second-order valence-electron chi connectivity index (χ2n) is 4.03. The lowest BCUT2D eigenvalue weighted by atomic mass is 10.1. The van der Waals surface area contributed by atoms with Crippen LogP contribution in [-0.4, -0.2) is 17.3 Å². The Morgan fingerprint density at radius 2 is 2.24 bits per heavy atom. The molecule has 0 heterocycles. The Labute approximate surface area is 110 Å². The molecule has 1 amide bonds. The van der Waals surface area contributed by atoms with Crippen LogP contribution in [0.15, 0.2) is 18.2 Å². The number of aryl methyl sites for hydroxylation is 1. The Morgan fingerprint density at radius 3 is 2.88 bits per heavy atom.